The van der Waals surface area contributed by atoms with E-state index < -0.39 is 0 Å². The van der Waals surface area contributed by atoms with Crippen LogP contribution in [-0.4, -0.2) is 5.11 Å². The summed E-state index contributed by atoms with van der Waals surface area (Å²) in [6.07, 6.45) is 0. The van der Waals surface area contributed by atoms with E-state index in [2.05, 4.69) is 5.32 Å². The van der Waals surface area contributed by atoms with E-state index in [-0.39, 0.29) is 17.6 Å². The molecule has 2 nitrogen and oxygen atoms in total. The average Bonchev–Trinajstić information content (AvgIpc) is 2.73. The molecule has 0 radical (unpaired) electrons. The minimum absolute atomic E-state index is 0.0395. The molecule has 1 unspecified atom stereocenters. The molecular formula is C14H12FNO. The third-order valence-corrected chi connectivity index (χ3v) is 3.14. The lowest BCUT2D eigenvalue weighted by Crippen LogP contribution is -2.13. The zero-order chi connectivity index (χ0) is 11.8. The Labute approximate surface area is 98.7 Å². The van der Waals surface area contributed by atoms with Crippen molar-refractivity contribution < 1.29 is 9.50 Å². The zero-order valence-electron chi connectivity index (χ0n) is 9.15. The molecule has 0 bridgehead atoms. The average molecular weight is 229 g/mol. The monoisotopic (exact) mass is 229 g/mol. The lowest BCUT2D eigenvalue weighted by Gasteiger charge is -2.12. The molecule has 0 spiro atoms. The van der Waals surface area contributed by atoms with E-state index in [0.29, 0.717) is 0 Å². The van der Waals surface area contributed by atoms with Gasteiger partial charge in [-0.2, -0.15) is 0 Å². The molecular weight excluding hydrogens is 217 g/mol. The molecule has 0 saturated heterocycles. The number of nitrogens with one attached hydrogen (secondary N) is 1. The molecule has 0 aromatic heterocycles. The molecule has 2 aromatic rings. The largest absolute Gasteiger partial charge is 0.508 e. The second kappa shape index (κ2) is 3.86. The molecule has 1 heterocycles. The van der Waals surface area contributed by atoms with Crippen molar-refractivity contribution in [1.29, 1.82) is 0 Å². The molecule has 2 N–H and O–H groups in total. The van der Waals surface area contributed by atoms with Crippen LogP contribution in [-0.2, 0) is 6.54 Å². The van der Waals surface area contributed by atoms with Crippen molar-refractivity contribution in [2.45, 2.75) is 12.6 Å². The third kappa shape index (κ3) is 1.78. The number of fused-ring (bicyclic) bond motifs is 1. The van der Waals surface area contributed by atoms with Gasteiger partial charge in [-0.25, -0.2) is 4.39 Å². The Balaban J connectivity index is 2.03. The maximum absolute atomic E-state index is 12.9. The Morgan fingerprint density at radius 2 is 1.88 bits per heavy atom. The topological polar surface area (TPSA) is 32.3 Å². The number of aromatic hydroxyl groups is 1. The van der Waals surface area contributed by atoms with E-state index in [1.54, 1.807) is 24.3 Å². The van der Waals surface area contributed by atoms with Gasteiger partial charge in [0.15, 0.2) is 0 Å². The summed E-state index contributed by atoms with van der Waals surface area (Å²) < 4.78 is 12.9. The van der Waals surface area contributed by atoms with Gasteiger partial charge in [-0.3, -0.25) is 0 Å². The molecule has 1 atom stereocenters. The number of hydrogen-bond donors (Lipinski definition) is 2. The Morgan fingerprint density at radius 1 is 1.12 bits per heavy atom. The number of halogens is 1. The molecule has 0 saturated carbocycles. The second-order valence-corrected chi connectivity index (χ2v) is 4.25. The smallest absolute Gasteiger partial charge is 0.123 e. The zero-order valence-corrected chi connectivity index (χ0v) is 9.15. The molecule has 17 heavy (non-hydrogen) atoms. The van der Waals surface area contributed by atoms with Crippen molar-refractivity contribution in [3.63, 3.8) is 0 Å². The van der Waals surface area contributed by atoms with Gasteiger partial charge in [-0.05, 0) is 41.0 Å². The summed E-state index contributed by atoms with van der Waals surface area (Å²) in [6, 6.07) is 11.9. The van der Waals surface area contributed by atoms with E-state index in [0.717, 1.165) is 17.7 Å². The summed E-state index contributed by atoms with van der Waals surface area (Å²) in [5, 5.41) is 12.9. The molecule has 3 rings (SSSR count). The molecule has 0 fully saturated rings. The van der Waals surface area contributed by atoms with Gasteiger partial charge in [0.05, 0.1) is 6.04 Å². The summed E-state index contributed by atoms with van der Waals surface area (Å²) in [5.41, 5.74) is 3.25. The van der Waals surface area contributed by atoms with Crippen molar-refractivity contribution in [3.05, 3.63) is 65.0 Å². The number of rotatable bonds is 1. The first-order chi connectivity index (χ1) is 8.24. The van der Waals surface area contributed by atoms with Crippen molar-refractivity contribution in [2.24, 2.45) is 0 Å². The molecule has 2 aromatic carbocycles. The fraction of sp³-hybridized carbons (Fsp3) is 0.143. The molecule has 0 aliphatic carbocycles. The fourth-order valence-electron chi connectivity index (χ4n) is 2.29. The first-order valence-corrected chi connectivity index (χ1v) is 5.55. The highest BCUT2D eigenvalue weighted by molar-refractivity contribution is 5.44. The summed E-state index contributed by atoms with van der Waals surface area (Å²) in [7, 11) is 0. The summed E-state index contributed by atoms with van der Waals surface area (Å²) >= 11 is 0. The fourth-order valence-corrected chi connectivity index (χ4v) is 2.29. The van der Waals surface area contributed by atoms with Crippen molar-refractivity contribution >= 4 is 0 Å². The highest BCUT2D eigenvalue weighted by atomic mass is 19.1. The van der Waals surface area contributed by atoms with Crippen molar-refractivity contribution in [3.8, 4) is 5.75 Å². The van der Waals surface area contributed by atoms with Crippen molar-refractivity contribution in [2.75, 3.05) is 0 Å². The van der Waals surface area contributed by atoms with Crippen LogP contribution < -0.4 is 5.32 Å². The van der Waals surface area contributed by atoms with Crippen LogP contribution in [0.5, 0.6) is 5.75 Å². The highest BCUT2D eigenvalue weighted by Crippen LogP contribution is 2.32. The van der Waals surface area contributed by atoms with Gasteiger partial charge in [-0.15, -0.1) is 0 Å². The van der Waals surface area contributed by atoms with Gasteiger partial charge in [-0.1, -0.05) is 18.2 Å². The van der Waals surface area contributed by atoms with E-state index in [9.17, 15) is 9.50 Å². The minimum atomic E-state index is -0.233. The van der Waals surface area contributed by atoms with Crippen LogP contribution >= 0.6 is 0 Å². The van der Waals surface area contributed by atoms with Crippen LogP contribution in [0.4, 0.5) is 4.39 Å². The summed E-state index contributed by atoms with van der Waals surface area (Å²) in [5.74, 6) is 0.0300. The SMILES string of the molecule is Oc1ccc2c(c1)C(c1ccc(F)cc1)NC2. The van der Waals surface area contributed by atoms with Gasteiger partial charge in [0.25, 0.3) is 0 Å². The lowest BCUT2D eigenvalue weighted by atomic mass is 9.98. The Morgan fingerprint density at radius 3 is 2.65 bits per heavy atom. The van der Waals surface area contributed by atoms with Gasteiger partial charge >= 0.3 is 0 Å². The van der Waals surface area contributed by atoms with Crippen LogP contribution in [0.2, 0.25) is 0 Å². The van der Waals surface area contributed by atoms with Gasteiger partial charge in [0.2, 0.25) is 0 Å². The first kappa shape index (κ1) is 10.3. The second-order valence-electron chi connectivity index (χ2n) is 4.25. The quantitative estimate of drug-likeness (QED) is 0.788. The Bertz CT molecular complexity index is 551. The first-order valence-electron chi connectivity index (χ1n) is 5.55. The van der Waals surface area contributed by atoms with E-state index in [4.69, 9.17) is 0 Å². The van der Waals surface area contributed by atoms with Crippen LogP contribution in [0.25, 0.3) is 0 Å². The maximum Gasteiger partial charge on any atom is 0.123 e. The molecule has 86 valence electrons. The molecule has 1 aliphatic rings. The maximum atomic E-state index is 12.9. The number of benzene rings is 2. The predicted molar refractivity (Wildman–Crippen MR) is 63.2 cm³/mol. The molecule has 0 amide bonds. The van der Waals surface area contributed by atoms with Crippen LogP contribution in [0.3, 0.4) is 0 Å². The summed E-state index contributed by atoms with van der Waals surface area (Å²) in [4.78, 5) is 0. The van der Waals surface area contributed by atoms with Gasteiger partial charge in [0.1, 0.15) is 11.6 Å². The van der Waals surface area contributed by atoms with Crippen LogP contribution in [0, 0.1) is 5.82 Å². The van der Waals surface area contributed by atoms with Crippen LogP contribution in [0.1, 0.15) is 22.7 Å². The van der Waals surface area contributed by atoms with E-state index >= 15 is 0 Å². The summed E-state index contributed by atoms with van der Waals surface area (Å²) in [6.45, 7) is 0.775. The molecule has 1 aliphatic heterocycles. The lowest BCUT2D eigenvalue weighted by molar-refractivity contribution is 0.474. The number of hydrogen-bond acceptors (Lipinski definition) is 2. The Kier molecular flexibility index (Phi) is 2.34. The normalized spacial score (nSPS) is 18.1. The number of phenolic OH excluding ortho intramolecular Hbond substituents is 1. The molecule has 3 heteroatoms. The highest BCUT2D eigenvalue weighted by Gasteiger charge is 2.23. The standard InChI is InChI=1S/C14H12FNO/c15-11-4-1-9(2-5-11)14-13-7-12(17)6-3-10(13)8-16-14/h1-7,14,16-17H,8H2. The van der Waals surface area contributed by atoms with E-state index in [1.807, 2.05) is 6.07 Å². The predicted octanol–water partition coefficient (Wildman–Crippen LogP) is 2.72. The van der Waals surface area contributed by atoms with Gasteiger partial charge < -0.3 is 10.4 Å². The minimum Gasteiger partial charge on any atom is -0.508 e. The van der Waals surface area contributed by atoms with Crippen molar-refractivity contribution in [1.82, 2.24) is 5.32 Å². The Hall–Kier alpha value is -1.87. The van der Waals surface area contributed by atoms with E-state index in [1.165, 1.54) is 17.7 Å². The van der Waals surface area contributed by atoms with Gasteiger partial charge in [0, 0.05) is 6.54 Å². The number of phenols is 1. The van der Waals surface area contributed by atoms with Crippen LogP contribution in [0.15, 0.2) is 42.5 Å². The third-order valence-electron chi connectivity index (χ3n) is 3.14.